The lowest BCUT2D eigenvalue weighted by Crippen LogP contribution is -2.28. The zero-order valence-electron chi connectivity index (χ0n) is 6.97. The average Bonchev–Trinajstić information content (AvgIpc) is 1.99. The van der Waals surface area contributed by atoms with Crippen LogP contribution < -0.4 is 5.32 Å². The zero-order valence-corrected chi connectivity index (χ0v) is 7.97. The molecule has 0 aromatic heterocycles. The first-order chi connectivity index (χ1) is 5.31. The third-order valence-electron chi connectivity index (χ3n) is 1.22. The summed E-state index contributed by atoms with van der Waals surface area (Å²) < 4.78 is 5.17. The average molecular weight is 174 g/mol. The molecular formula is C7H16NO2Si. The van der Waals surface area contributed by atoms with E-state index in [9.17, 15) is 0 Å². The van der Waals surface area contributed by atoms with Crippen LogP contribution in [0.4, 0.5) is 0 Å². The van der Waals surface area contributed by atoms with Gasteiger partial charge in [-0.25, -0.2) is 0 Å². The van der Waals surface area contributed by atoms with E-state index >= 15 is 0 Å². The lowest BCUT2D eigenvalue weighted by molar-refractivity contribution is 0.0383. The van der Waals surface area contributed by atoms with Gasteiger partial charge in [0.1, 0.15) is 0 Å². The minimum atomic E-state index is -0.380. The maximum atomic E-state index is 9.15. The highest BCUT2D eigenvalue weighted by Crippen LogP contribution is 1.88. The first kappa shape index (κ1) is 11.1. The zero-order chi connectivity index (χ0) is 8.53. The Morgan fingerprint density at radius 1 is 1.64 bits per heavy atom. The minimum absolute atomic E-state index is 0.380. The maximum absolute atomic E-state index is 9.15. The van der Waals surface area contributed by atoms with Gasteiger partial charge in [-0.2, -0.15) is 0 Å². The largest absolute Gasteiger partial charge is 0.389 e. The maximum Gasteiger partial charge on any atom is 0.0897 e. The number of nitrogens with one attached hydrogen (secondary N) is 1. The highest BCUT2D eigenvalue weighted by atomic mass is 28.1. The van der Waals surface area contributed by atoms with E-state index in [1.54, 1.807) is 7.05 Å². The molecule has 0 aromatic carbocycles. The van der Waals surface area contributed by atoms with Crippen molar-refractivity contribution in [1.82, 2.24) is 5.32 Å². The van der Waals surface area contributed by atoms with Gasteiger partial charge in [0.2, 0.25) is 0 Å². The summed E-state index contributed by atoms with van der Waals surface area (Å²) in [6.07, 6.45) is 0.609. The van der Waals surface area contributed by atoms with E-state index in [0.717, 1.165) is 12.5 Å². The smallest absolute Gasteiger partial charge is 0.0897 e. The van der Waals surface area contributed by atoms with Crippen LogP contribution in [-0.4, -0.2) is 48.3 Å². The van der Waals surface area contributed by atoms with E-state index in [0.29, 0.717) is 19.8 Å². The van der Waals surface area contributed by atoms with Gasteiger partial charge < -0.3 is 15.2 Å². The van der Waals surface area contributed by atoms with Crippen molar-refractivity contribution >= 4 is 10.2 Å². The topological polar surface area (TPSA) is 41.5 Å². The number of likely N-dealkylation sites (N-methyl/N-ethyl adjacent to an activating group) is 1. The van der Waals surface area contributed by atoms with Crippen molar-refractivity contribution in [1.29, 1.82) is 0 Å². The predicted octanol–water partition coefficient (Wildman–Crippen LogP) is -0.440. The number of aliphatic hydroxyl groups is 1. The van der Waals surface area contributed by atoms with Crippen LogP contribution in [0.1, 0.15) is 6.42 Å². The number of ether oxygens (including phenoxy) is 1. The van der Waals surface area contributed by atoms with Crippen LogP contribution in [0.15, 0.2) is 0 Å². The molecule has 0 saturated heterocycles. The van der Waals surface area contributed by atoms with Crippen molar-refractivity contribution in [2.45, 2.75) is 18.6 Å². The fraction of sp³-hybridized carbons (Fsp3) is 1.00. The van der Waals surface area contributed by atoms with E-state index in [-0.39, 0.29) is 6.10 Å². The Labute approximate surface area is 71.6 Å². The van der Waals surface area contributed by atoms with Crippen LogP contribution in [0.2, 0.25) is 6.04 Å². The van der Waals surface area contributed by atoms with Gasteiger partial charge >= 0.3 is 0 Å². The molecule has 0 heterocycles. The van der Waals surface area contributed by atoms with Crippen molar-refractivity contribution in [2.75, 3.05) is 26.8 Å². The van der Waals surface area contributed by atoms with Gasteiger partial charge in [0, 0.05) is 23.4 Å². The lowest BCUT2D eigenvalue weighted by Gasteiger charge is -2.09. The molecule has 0 fully saturated rings. The molecule has 0 bridgehead atoms. The van der Waals surface area contributed by atoms with Crippen LogP contribution in [0.3, 0.4) is 0 Å². The third-order valence-corrected chi connectivity index (χ3v) is 1.57. The molecule has 0 aliphatic rings. The molecule has 65 valence electrons. The Bertz CT molecular complexity index is 82.8. The van der Waals surface area contributed by atoms with Gasteiger partial charge in [0.25, 0.3) is 0 Å². The molecule has 1 unspecified atom stereocenters. The highest BCUT2D eigenvalue weighted by Gasteiger charge is 2.00. The van der Waals surface area contributed by atoms with Crippen molar-refractivity contribution < 1.29 is 9.84 Å². The Hall–Kier alpha value is 0.0969. The molecule has 0 aliphatic carbocycles. The summed E-state index contributed by atoms with van der Waals surface area (Å²) in [5.74, 6) is 0. The summed E-state index contributed by atoms with van der Waals surface area (Å²) in [7, 11) is 5.14. The molecule has 0 saturated carbocycles. The second kappa shape index (κ2) is 8.20. The summed E-state index contributed by atoms with van der Waals surface area (Å²) in [4.78, 5) is 0. The predicted molar refractivity (Wildman–Crippen MR) is 45.9 cm³/mol. The summed E-state index contributed by atoms with van der Waals surface area (Å²) in [6.45, 7) is 1.73. The van der Waals surface area contributed by atoms with Crippen molar-refractivity contribution in [3.63, 3.8) is 0 Å². The van der Waals surface area contributed by atoms with Gasteiger partial charge in [-0.15, -0.1) is 0 Å². The summed E-state index contributed by atoms with van der Waals surface area (Å²) in [5.41, 5.74) is 0. The number of hydrogen-bond donors (Lipinski definition) is 2. The molecular weight excluding hydrogens is 158 g/mol. The monoisotopic (exact) mass is 174 g/mol. The quantitative estimate of drug-likeness (QED) is 0.406. The fourth-order valence-corrected chi connectivity index (χ4v) is 0.832. The molecule has 0 spiro atoms. The molecule has 0 amide bonds. The van der Waals surface area contributed by atoms with Crippen LogP contribution in [0.25, 0.3) is 0 Å². The van der Waals surface area contributed by atoms with E-state index in [2.05, 4.69) is 15.6 Å². The van der Waals surface area contributed by atoms with Crippen LogP contribution >= 0.6 is 0 Å². The summed E-state index contributed by atoms with van der Waals surface area (Å²) >= 11 is 0. The molecule has 3 radical (unpaired) electrons. The minimum Gasteiger partial charge on any atom is -0.389 e. The fourth-order valence-electron chi connectivity index (χ4n) is 0.688. The van der Waals surface area contributed by atoms with Gasteiger partial charge in [-0.3, -0.25) is 0 Å². The van der Waals surface area contributed by atoms with Crippen molar-refractivity contribution in [3.05, 3.63) is 0 Å². The van der Waals surface area contributed by atoms with E-state index in [1.165, 1.54) is 0 Å². The molecule has 0 rings (SSSR count). The Balaban J connectivity index is 2.97. The summed E-state index contributed by atoms with van der Waals surface area (Å²) in [6, 6.07) is 0.947. The van der Waals surface area contributed by atoms with Crippen molar-refractivity contribution in [3.8, 4) is 0 Å². The molecule has 2 N–H and O–H groups in total. The van der Waals surface area contributed by atoms with Crippen LogP contribution in [0.5, 0.6) is 0 Å². The normalized spacial score (nSPS) is 13.4. The number of aliphatic hydroxyl groups excluding tert-OH is 1. The van der Waals surface area contributed by atoms with Gasteiger partial charge in [-0.05, 0) is 13.5 Å². The van der Waals surface area contributed by atoms with E-state index < -0.39 is 0 Å². The Kier molecular flexibility index (Phi) is 8.27. The molecule has 4 heteroatoms. The van der Waals surface area contributed by atoms with Crippen LogP contribution in [0, 0.1) is 0 Å². The first-order valence-electron chi connectivity index (χ1n) is 3.86. The summed E-state index contributed by atoms with van der Waals surface area (Å²) in [5, 5.41) is 12.0. The van der Waals surface area contributed by atoms with Crippen molar-refractivity contribution in [2.24, 2.45) is 0 Å². The molecule has 11 heavy (non-hydrogen) atoms. The number of rotatable bonds is 7. The second-order valence-electron chi connectivity index (χ2n) is 2.39. The Morgan fingerprint density at radius 3 is 2.91 bits per heavy atom. The SMILES string of the molecule is CNCC(O)COCCC[Si]. The van der Waals surface area contributed by atoms with Gasteiger partial charge in [-0.1, -0.05) is 6.04 Å². The van der Waals surface area contributed by atoms with E-state index in [4.69, 9.17) is 9.84 Å². The Morgan fingerprint density at radius 2 is 2.36 bits per heavy atom. The molecule has 0 aromatic rings. The molecule has 3 nitrogen and oxygen atoms in total. The van der Waals surface area contributed by atoms with Gasteiger partial charge in [0.05, 0.1) is 12.7 Å². The highest BCUT2D eigenvalue weighted by molar-refractivity contribution is 6.08. The van der Waals surface area contributed by atoms with Crippen LogP contribution in [-0.2, 0) is 4.74 Å². The standard InChI is InChI=1S/C7H16NO2Si/c1-8-5-7(9)6-10-3-2-4-11/h7-9H,2-6H2,1H3. The first-order valence-corrected chi connectivity index (χ1v) is 4.57. The molecule has 1 atom stereocenters. The number of hydrogen-bond acceptors (Lipinski definition) is 3. The molecule has 0 aliphatic heterocycles. The third kappa shape index (κ3) is 8.00. The lowest BCUT2D eigenvalue weighted by atomic mass is 10.4. The van der Waals surface area contributed by atoms with Gasteiger partial charge in [0.15, 0.2) is 0 Å². The second-order valence-corrected chi connectivity index (χ2v) is 2.89. The van der Waals surface area contributed by atoms with E-state index in [1.807, 2.05) is 0 Å².